The highest BCUT2D eigenvalue weighted by atomic mass is 32.1. The summed E-state index contributed by atoms with van der Waals surface area (Å²) in [6, 6.07) is 0. The first-order valence-corrected chi connectivity index (χ1v) is 4.32. The number of hydrogen-bond acceptors (Lipinski definition) is 2. The van der Waals surface area contributed by atoms with Crippen molar-refractivity contribution in [1.82, 2.24) is 0 Å². The van der Waals surface area contributed by atoms with Crippen LogP contribution < -0.4 is 5.73 Å². The first kappa shape index (κ1) is 7.61. The molecule has 0 saturated carbocycles. The molecule has 0 aliphatic carbocycles. The number of rotatable bonds is 1. The second-order valence-electron chi connectivity index (χ2n) is 2.47. The summed E-state index contributed by atoms with van der Waals surface area (Å²) in [5.74, 6) is 0. The maximum absolute atomic E-state index is 5.79. The third-order valence-corrected chi connectivity index (χ3v) is 3.17. The molecule has 0 bridgehead atoms. The third-order valence-electron chi connectivity index (χ3n) is 1.80. The van der Waals surface area contributed by atoms with Gasteiger partial charge in [-0.05, 0) is 25.8 Å². The van der Waals surface area contributed by atoms with Gasteiger partial charge in [-0.2, -0.15) is 0 Å². The molecule has 1 rings (SSSR count). The van der Waals surface area contributed by atoms with Crippen molar-refractivity contribution >= 4 is 17.0 Å². The number of nitrogens with two attached hydrogens (primary N) is 1. The molecule has 1 aromatic heterocycles. The van der Waals surface area contributed by atoms with Crippen molar-refractivity contribution in [3.63, 3.8) is 0 Å². The summed E-state index contributed by atoms with van der Waals surface area (Å²) >= 11 is 1.82. The van der Waals surface area contributed by atoms with Gasteiger partial charge in [0.2, 0.25) is 0 Å². The molecule has 0 spiro atoms. The van der Waals surface area contributed by atoms with Crippen molar-refractivity contribution < 1.29 is 0 Å². The monoisotopic (exact) mass is 155 g/mol. The molecule has 0 fully saturated rings. The lowest BCUT2D eigenvalue weighted by molar-refractivity contribution is 1.16. The highest BCUT2D eigenvalue weighted by Gasteiger charge is 2.05. The zero-order valence-electron chi connectivity index (χ0n) is 6.69. The van der Waals surface area contributed by atoms with E-state index in [1.165, 1.54) is 15.3 Å². The van der Waals surface area contributed by atoms with E-state index in [1.54, 1.807) is 0 Å². The Bertz CT molecular complexity index is 238. The molecule has 0 saturated heterocycles. The van der Waals surface area contributed by atoms with E-state index in [0.717, 1.165) is 12.1 Å². The Hall–Kier alpha value is -0.500. The van der Waals surface area contributed by atoms with Crippen molar-refractivity contribution in [2.45, 2.75) is 27.2 Å². The molecule has 0 unspecified atom stereocenters. The Morgan fingerprint density at radius 2 is 2.00 bits per heavy atom. The van der Waals surface area contributed by atoms with Gasteiger partial charge in [-0.3, -0.25) is 0 Å². The fourth-order valence-corrected chi connectivity index (χ4v) is 2.11. The fourth-order valence-electron chi connectivity index (χ4n) is 1.07. The summed E-state index contributed by atoms with van der Waals surface area (Å²) in [6.45, 7) is 6.33. The summed E-state index contributed by atoms with van der Waals surface area (Å²) in [7, 11) is 0. The summed E-state index contributed by atoms with van der Waals surface area (Å²) < 4.78 is 0. The first-order valence-electron chi connectivity index (χ1n) is 3.51. The van der Waals surface area contributed by atoms with Gasteiger partial charge >= 0.3 is 0 Å². The van der Waals surface area contributed by atoms with Crippen molar-refractivity contribution in [1.29, 1.82) is 0 Å². The summed E-state index contributed by atoms with van der Waals surface area (Å²) in [5.41, 5.74) is 8.06. The molecule has 10 heavy (non-hydrogen) atoms. The zero-order valence-corrected chi connectivity index (χ0v) is 7.51. The summed E-state index contributed by atoms with van der Waals surface area (Å²) in [6.07, 6.45) is 1.11. The van der Waals surface area contributed by atoms with Crippen LogP contribution in [0.25, 0.3) is 0 Å². The average Bonchev–Trinajstić information content (AvgIpc) is 2.17. The van der Waals surface area contributed by atoms with Crippen LogP contribution in [0, 0.1) is 13.8 Å². The molecule has 2 N–H and O–H groups in total. The maximum Gasteiger partial charge on any atom is 0.0485 e. The largest absolute Gasteiger partial charge is 0.398 e. The Kier molecular flexibility index (Phi) is 2.00. The van der Waals surface area contributed by atoms with Gasteiger partial charge in [0.1, 0.15) is 0 Å². The molecule has 0 atom stereocenters. The van der Waals surface area contributed by atoms with E-state index in [4.69, 9.17) is 5.73 Å². The quantitative estimate of drug-likeness (QED) is 0.662. The molecular weight excluding hydrogens is 142 g/mol. The van der Waals surface area contributed by atoms with E-state index in [1.807, 2.05) is 11.3 Å². The highest BCUT2D eigenvalue weighted by molar-refractivity contribution is 7.12. The lowest BCUT2D eigenvalue weighted by Crippen LogP contribution is -1.87. The number of aryl methyl sites for hydroxylation is 2. The maximum atomic E-state index is 5.79. The summed E-state index contributed by atoms with van der Waals surface area (Å²) in [5, 5.41) is 0. The van der Waals surface area contributed by atoms with Gasteiger partial charge in [-0.25, -0.2) is 0 Å². The van der Waals surface area contributed by atoms with Crippen LogP contribution >= 0.6 is 11.3 Å². The van der Waals surface area contributed by atoms with Gasteiger partial charge in [0.25, 0.3) is 0 Å². The number of thiophene rings is 1. The van der Waals surface area contributed by atoms with E-state index >= 15 is 0 Å². The standard InChI is InChI=1S/C8H13NS/c1-4-7-5(2)8(9)6(3)10-7/h4,9H2,1-3H3. The zero-order chi connectivity index (χ0) is 7.72. The molecule has 1 aromatic rings. The SMILES string of the molecule is CCc1sc(C)c(N)c1C. The molecule has 1 nitrogen and oxygen atoms in total. The van der Waals surface area contributed by atoms with Crippen molar-refractivity contribution in [3.05, 3.63) is 15.3 Å². The van der Waals surface area contributed by atoms with Crippen LogP contribution in [0.2, 0.25) is 0 Å². The van der Waals surface area contributed by atoms with Crippen LogP contribution in [-0.2, 0) is 6.42 Å². The lowest BCUT2D eigenvalue weighted by atomic mass is 10.2. The van der Waals surface area contributed by atoms with E-state index in [9.17, 15) is 0 Å². The number of anilines is 1. The minimum absolute atomic E-state index is 0.988. The molecule has 2 heteroatoms. The average molecular weight is 155 g/mol. The molecule has 0 amide bonds. The molecule has 0 aliphatic rings. The van der Waals surface area contributed by atoms with Crippen LogP contribution in [0.3, 0.4) is 0 Å². The van der Waals surface area contributed by atoms with Gasteiger partial charge in [0.15, 0.2) is 0 Å². The fraction of sp³-hybridized carbons (Fsp3) is 0.500. The topological polar surface area (TPSA) is 26.0 Å². The lowest BCUT2D eigenvalue weighted by Gasteiger charge is -1.92. The van der Waals surface area contributed by atoms with Crippen LogP contribution in [0.5, 0.6) is 0 Å². The normalized spacial score (nSPS) is 10.3. The Morgan fingerprint density at radius 1 is 1.40 bits per heavy atom. The third kappa shape index (κ3) is 1.03. The first-order chi connectivity index (χ1) is 4.66. The van der Waals surface area contributed by atoms with Crippen molar-refractivity contribution in [2.75, 3.05) is 5.73 Å². The molecule has 0 radical (unpaired) electrons. The van der Waals surface area contributed by atoms with E-state index in [-0.39, 0.29) is 0 Å². The molecular formula is C8H13NS. The smallest absolute Gasteiger partial charge is 0.0485 e. The van der Waals surface area contributed by atoms with Crippen LogP contribution in [0.4, 0.5) is 5.69 Å². The van der Waals surface area contributed by atoms with Crippen molar-refractivity contribution in [3.8, 4) is 0 Å². The van der Waals surface area contributed by atoms with E-state index in [0.29, 0.717) is 0 Å². The van der Waals surface area contributed by atoms with Gasteiger partial charge in [0.05, 0.1) is 0 Å². The van der Waals surface area contributed by atoms with Gasteiger partial charge in [-0.15, -0.1) is 11.3 Å². The molecule has 0 aromatic carbocycles. The van der Waals surface area contributed by atoms with E-state index < -0.39 is 0 Å². The Morgan fingerprint density at radius 3 is 2.20 bits per heavy atom. The van der Waals surface area contributed by atoms with Crippen LogP contribution in [0.15, 0.2) is 0 Å². The number of hydrogen-bond donors (Lipinski definition) is 1. The highest BCUT2D eigenvalue weighted by Crippen LogP contribution is 2.29. The molecule has 0 aliphatic heterocycles. The van der Waals surface area contributed by atoms with E-state index in [2.05, 4.69) is 20.8 Å². The Balaban J connectivity index is 3.17. The van der Waals surface area contributed by atoms with Gasteiger partial charge in [-0.1, -0.05) is 6.92 Å². The minimum atomic E-state index is 0.988. The predicted molar refractivity (Wildman–Crippen MR) is 47.6 cm³/mol. The van der Waals surface area contributed by atoms with Crippen LogP contribution in [-0.4, -0.2) is 0 Å². The second-order valence-corrected chi connectivity index (χ2v) is 3.78. The second kappa shape index (κ2) is 2.62. The van der Waals surface area contributed by atoms with Crippen molar-refractivity contribution in [2.24, 2.45) is 0 Å². The minimum Gasteiger partial charge on any atom is -0.398 e. The van der Waals surface area contributed by atoms with Gasteiger partial charge in [0, 0.05) is 15.4 Å². The van der Waals surface area contributed by atoms with Crippen LogP contribution in [0.1, 0.15) is 22.2 Å². The Labute approximate surface area is 65.9 Å². The number of nitrogen functional groups attached to an aromatic ring is 1. The predicted octanol–water partition coefficient (Wildman–Crippen LogP) is 2.51. The van der Waals surface area contributed by atoms with Gasteiger partial charge < -0.3 is 5.73 Å². The molecule has 1 heterocycles. The molecule has 56 valence electrons. The summed E-state index contributed by atoms with van der Waals surface area (Å²) in [4.78, 5) is 2.68.